The Kier molecular flexibility index (Phi) is 4.72. The highest BCUT2D eigenvalue weighted by Crippen LogP contribution is 2.28. The molecule has 1 aromatic carbocycles. The molecule has 1 radical (unpaired) electrons. The molecule has 0 fully saturated rings. The van der Waals surface area contributed by atoms with Crippen molar-refractivity contribution in [3.05, 3.63) is 41.8 Å². The van der Waals surface area contributed by atoms with Crippen molar-refractivity contribution >= 4 is 0 Å². The van der Waals surface area contributed by atoms with E-state index in [1.54, 1.807) is 5.92 Å². The summed E-state index contributed by atoms with van der Waals surface area (Å²) >= 11 is 0. The van der Waals surface area contributed by atoms with E-state index in [2.05, 4.69) is 51.1 Å². The molecule has 0 N–H and O–H groups in total. The Labute approximate surface area is 88.4 Å². The summed E-state index contributed by atoms with van der Waals surface area (Å²) in [6.07, 6.45) is 3.84. The fourth-order valence-electron chi connectivity index (χ4n) is 1.79. The van der Waals surface area contributed by atoms with Crippen LogP contribution < -0.4 is 0 Å². The molecule has 0 nitrogen and oxygen atoms in total. The average molecular weight is 189 g/mol. The minimum Gasteiger partial charge on any atom is -0.0654 e. The summed E-state index contributed by atoms with van der Waals surface area (Å²) in [6.45, 7) is 6.83. The van der Waals surface area contributed by atoms with Crippen LogP contribution in [-0.2, 0) is 0 Å². The maximum atomic E-state index is 2.29. The molecule has 0 aliphatic rings. The van der Waals surface area contributed by atoms with Crippen molar-refractivity contribution in [3.63, 3.8) is 0 Å². The van der Waals surface area contributed by atoms with Gasteiger partial charge >= 0.3 is 0 Å². The van der Waals surface area contributed by atoms with E-state index in [1.165, 1.54) is 24.8 Å². The molecular formula is C14H21. The van der Waals surface area contributed by atoms with Crippen molar-refractivity contribution in [3.8, 4) is 0 Å². The van der Waals surface area contributed by atoms with Crippen LogP contribution in [-0.4, -0.2) is 0 Å². The van der Waals surface area contributed by atoms with Crippen molar-refractivity contribution in [2.45, 2.75) is 40.0 Å². The first kappa shape index (κ1) is 11.3. The first-order valence-corrected chi connectivity index (χ1v) is 5.66. The molecule has 0 heterocycles. The van der Waals surface area contributed by atoms with Crippen LogP contribution in [0.15, 0.2) is 30.3 Å². The molecule has 0 amide bonds. The Morgan fingerprint density at radius 3 is 2.29 bits per heavy atom. The zero-order chi connectivity index (χ0) is 10.4. The molecule has 0 bridgehead atoms. The van der Waals surface area contributed by atoms with E-state index in [4.69, 9.17) is 0 Å². The number of hydrogen-bond donors (Lipinski definition) is 0. The molecule has 0 saturated heterocycles. The van der Waals surface area contributed by atoms with Gasteiger partial charge in [-0.3, -0.25) is 0 Å². The third-order valence-corrected chi connectivity index (χ3v) is 2.64. The Bertz CT molecular complexity index is 235. The van der Waals surface area contributed by atoms with Crippen LogP contribution in [0.4, 0.5) is 0 Å². The Balaban J connectivity index is 2.68. The highest BCUT2D eigenvalue weighted by atomic mass is 14.2. The van der Waals surface area contributed by atoms with Gasteiger partial charge in [-0.2, -0.15) is 0 Å². The number of benzene rings is 1. The largest absolute Gasteiger partial charge is 0.0654 e. The third kappa shape index (κ3) is 3.17. The fraction of sp³-hybridized carbons (Fsp3) is 0.500. The minimum absolute atomic E-state index is 0.670. The van der Waals surface area contributed by atoms with Crippen LogP contribution >= 0.6 is 0 Å². The van der Waals surface area contributed by atoms with E-state index in [0.717, 1.165) is 0 Å². The zero-order valence-corrected chi connectivity index (χ0v) is 9.59. The predicted molar refractivity (Wildman–Crippen MR) is 63.2 cm³/mol. The van der Waals surface area contributed by atoms with E-state index >= 15 is 0 Å². The molecule has 0 aromatic heterocycles. The monoisotopic (exact) mass is 189 g/mol. The average Bonchev–Trinajstić information content (AvgIpc) is 2.19. The van der Waals surface area contributed by atoms with E-state index in [0.29, 0.717) is 5.92 Å². The highest BCUT2D eigenvalue weighted by molar-refractivity contribution is 5.31. The summed E-state index contributed by atoms with van der Waals surface area (Å²) in [5.41, 5.74) is 1.43. The van der Waals surface area contributed by atoms with Gasteiger partial charge in [0.15, 0.2) is 0 Å². The molecule has 77 valence electrons. The molecule has 1 rings (SSSR count). The number of hydrogen-bond acceptors (Lipinski definition) is 0. The Morgan fingerprint density at radius 2 is 1.79 bits per heavy atom. The number of rotatable bonds is 5. The summed E-state index contributed by atoms with van der Waals surface area (Å²) in [6, 6.07) is 10.8. The molecule has 0 aliphatic heterocycles. The SMILES string of the molecule is CCCC[C](c1ccccc1)C(C)C. The van der Waals surface area contributed by atoms with E-state index in [1.807, 2.05) is 0 Å². The topological polar surface area (TPSA) is 0 Å². The second-order valence-corrected chi connectivity index (χ2v) is 4.15. The van der Waals surface area contributed by atoms with E-state index in [9.17, 15) is 0 Å². The molecular weight excluding hydrogens is 168 g/mol. The molecule has 14 heavy (non-hydrogen) atoms. The van der Waals surface area contributed by atoms with Crippen LogP contribution in [0.5, 0.6) is 0 Å². The molecule has 0 spiro atoms. The van der Waals surface area contributed by atoms with Gasteiger partial charge in [-0.25, -0.2) is 0 Å². The van der Waals surface area contributed by atoms with Crippen LogP contribution in [0.1, 0.15) is 45.6 Å². The second-order valence-electron chi connectivity index (χ2n) is 4.15. The predicted octanol–water partition coefficient (Wildman–Crippen LogP) is 4.46. The summed E-state index contributed by atoms with van der Waals surface area (Å²) < 4.78 is 0. The van der Waals surface area contributed by atoms with Gasteiger partial charge < -0.3 is 0 Å². The molecule has 0 unspecified atom stereocenters. The summed E-state index contributed by atoms with van der Waals surface area (Å²) in [7, 11) is 0. The Hall–Kier alpha value is -0.780. The van der Waals surface area contributed by atoms with Gasteiger partial charge in [0, 0.05) is 5.92 Å². The van der Waals surface area contributed by atoms with Crippen LogP contribution in [0.25, 0.3) is 0 Å². The van der Waals surface area contributed by atoms with Crippen molar-refractivity contribution < 1.29 is 0 Å². The minimum atomic E-state index is 0.670. The van der Waals surface area contributed by atoms with Crippen molar-refractivity contribution in [2.24, 2.45) is 5.92 Å². The standard InChI is InChI=1S/C14H21/c1-4-5-11-14(12(2)3)13-9-7-6-8-10-13/h6-10,12H,4-5,11H2,1-3H3. The summed E-state index contributed by atoms with van der Waals surface area (Å²) in [5.74, 6) is 2.27. The molecule has 0 saturated carbocycles. The lowest BCUT2D eigenvalue weighted by molar-refractivity contribution is 0.600. The lowest BCUT2D eigenvalue weighted by atomic mass is 9.84. The van der Waals surface area contributed by atoms with Gasteiger partial charge in [0.25, 0.3) is 0 Å². The zero-order valence-electron chi connectivity index (χ0n) is 9.59. The first-order valence-electron chi connectivity index (χ1n) is 5.66. The lowest BCUT2D eigenvalue weighted by Crippen LogP contribution is -2.07. The van der Waals surface area contributed by atoms with Gasteiger partial charge in [0.2, 0.25) is 0 Å². The first-order chi connectivity index (χ1) is 6.75. The van der Waals surface area contributed by atoms with Gasteiger partial charge in [-0.1, -0.05) is 63.9 Å². The quantitative estimate of drug-likeness (QED) is 0.641. The normalized spacial score (nSPS) is 11.2. The highest BCUT2D eigenvalue weighted by Gasteiger charge is 2.14. The van der Waals surface area contributed by atoms with E-state index in [-0.39, 0.29) is 0 Å². The molecule has 0 atom stereocenters. The molecule has 1 aromatic rings. The van der Waals surface area contributed by atoms with Crippen molar-refractivity contribution in [1.82, 2.24) is 0 Å². The van der Waals surface area contributed by atoms with Crippen molar-refractivity contribution in [1.29, 1.82) is 0 Å². The lowest BCUT2D eigenvalue weighted by Gasteiger charge is -2.20. The summed E-state index contributed by atoms with van der Waals surface area (Å²) in [5, 5.41) is 0. The van der Waals surface area contributed by atoms with Crippen LogP contribution in [0.2, 0.25) is 0 Å². The van der Waals surface area contributed by atoms with E-state index < -0.39 is 0 Å². The maximum absolute atomic E-state index is 2.29. The summed E-state index contributed by atoms with van der Waals surface area (Å²) in [4.78, 5) is 0. The van der Waals surface area contributed by atoms with Gasteiger partial charge in [-0.15, -0.1) is 0 Å². The Morgan fingerprint density at radius 1 is 1.14 bits per heavy atom. The van der Waals surface area contributed by atoms with Gasteiger partial charge in [0.05, 0.1) is 0 Å². The van der Waals surface area contributed by atoms with Crippen LogP contribution in [0.3, 0.4) is 0 Å². The second kappa shape index (κ2) is 5.85. The van der Waals surface area contributed by atoms with Gasteiger partial charge in [-0.05, 0) is 17.9 Å². The smallest absolute Gasteiger partial charge is 0.00752 e. The number of unbranched alkanes of at least 4 members (excludes halogenated alkanes) is 1. The molecule has 0 aliphatic carbocycles. The fourth-order valence-corrected chi connectivity index (χ4v) is 1.79. The van der Waals surface area contributed by atoms with Crippen molar-refractivity contribution in [2.75, 3.05) is 0 Å². The third-order valence-electron chi connectivity index (χ3n) is 2.64. The molecule has 0 heteroatoms. The van der Waals surface area contributed by atoms with Crippen LogP contribution in [0, 0.1) is 11.8 Å². The maximum Gasteiger partial charge on any atom is 0.00752 e. The van der Waals surface area contributed by atoms with Gasteiger partial charge in [0.1, 0.15) is 0 Å².